The summed E-state index contributed by atoms with van der Waals surface area (Å²) in [6, 6.07) is 18.9. The minimum atomic E-state index is -0.209. The molecule has 22 heavy (non-hydrogen) atoms. The average Bonchev–Trinajstić information content (AvgIpc) is 2.56. The summed E-state index contributed by atoms with van der Waals surface area (Å²) < 4.78 is 18.4. The van der Waals surface area contributed by atoms with Gasteiger partial charge in [-0.15, -0.1) is 0 Å². The van der Waals surface area contributed by atoms with E-state index in [4.69, 9.17) is 4.74 Å². The SMILES string of the molecule is COc1ccc2ccccc2c1CNCc1ccc(F)cc1. The molecule has 0 amide bonds. The minimum Gasteiger partial charge on any atom is -0.496 e. The highest BCUT2D eigenvalue weighted by Gasteiger charge is 2.07. The molecule has 3 aromatic rings. The number of fused-ring (bicyclic) bond motifs is 1. The fraction of sp³-hybridized carbons (Fsp3) is 0.158. The topological polar surface area (TPSA) is 21.3 Å². The van der Waals surface area contributed by atoms with Crippen molar-refractivity contribution in [2.75, 3.05) is 7.11 Å². The van der Waals surface area contributed by atoms with Crippen molar-refractivity contribution in [2.45, 2.75) is 13.1 Å². The molecule has 0 aliphatic heterocycles. The standard InChI is InChI=1S/C19H18FNO/c1-22-19-11-8-15-4-2-3-5-17(15)18(19)13-21-12-14-6-9-16(20)10-7-14/h2-11,21H,12-13H2,1H3. The molecule has 0 radical (unpaired) electrons. The Labute approximate surface area is 129 Å². The van der Waals surface area contributed by atoms with Crippen molar-refractivity contribution < 1.29 is 9.13 Å². The van der Waals surface area contributed by atoms with E-state index >= 15 is 0 Å². The van der Waals surface area contributed by atoms with Crippen LogP contribution in [-0.2, 0) is 13.1 Å². The molecule has 112 valence electrons. The zero-order chi connectivity index (χ0) is 15.4. The van der Waals surface area contributed by atoms with Gasteiger partial charge < -0.3 is 10.1 Å². The van der Waals surface area contributed by atoms with Gasteiger partial charge in [0.1, 0.15) is 11.6 Å². The number of hydrogen-bond acceptors (Lipinski definition) is 2. The molecule has 0 spiro atoms. The molecular formula is C19H18FNO. The van der Waals surface area contributed by atoms with E-state index in [0.717, 1.165) is 16.9 Å². The second-order valence-electron chi connectivity index (χ2n) is 5.20. The fourth-order valence-corrected chi connectivity index (χ4v) is 2.62. The number of hydrogen-bond donors (Lipinski definition) is 1. The number of benzene rings is 3. The molecular weight excluding hydrogens is 277 g/mol. The van der Waals surface area contributed by atoms with Gasteiger partial charge in [-0.1, -0.05) is 42.5 Å². The van der Waals surface area contributed by atoms with Gasteiger partial charge in [-0.3, -0.25) is 0 Å². The van der Waals surface area contributed by atoms with Crippen LogP contribution in [-0.4, -0.2) is 7.11 Å². The van der Waals surface area contributed by atoms with Crippen molar-refractivity contribution in [1.82, 2.24) is 5.32 Å². The predicted octanol–water partition coefficient (Wildman–Crippen LogP) is 4.28. The maximum absolute atomic E-state index is 12.9. The lowest BCUT2D eigenvalue weighted by Crippen LogP contribution is -2.13. The van der Waals surface area contributed by atoms with Crippen LogP contribution in [0.1, 0.15) is 11.1 Å². The van der Waals surface area contributed by atoms with E-state index < -0.39 is 0 Å². The summed E-state index contributed by atoms with van der Waals surface area (Å²) in [5.41, 5.74) is 2.20. The first-order chi connectivity index (χ1) is 10.8. The van der Waals surface area contributed by atoms with E-state index in [1.807, 2.05) is 18.2 Å². The zero-order valence-electron chi connectivity index (χ0n) is 12.5. The van der Waals surface area contributed by atoms with Crippen LogP contribution >= 0.6 is 0 Å². The van der Waals surface area contributed by atoms with Crippen LogP contribution in [0.4, 0.5) is 4.39 Å². The lowest BCUT2D eigenvalue weighted by atomic mass is 10.0. The van der Waals surface area contributed by atoms with Crippen LogP contribution in [0.2, 0.25) is 0 Å². The van der Waals surface area contributed by atoms with Gasteiger partial charge >= 0.3 is 0 Å². The number of nitrogens with one attached hydrogen (secondary N) is 1. The lowest BCUT2D eigenvalue weighted by Gasteiger charge is -2.13. The van der Waals surface area contributed by atoms with E-state index in [1.165, 1.54) is 22.9 Å². The van der Waals surface area contributed by atoms with Crippen LogP contribution in [0.25, 0.3) is 10.8 Å². The summed E-state index contributed by atoms with van der Waals surface area (Å²) >= 11 is 0. The molecule has 0 atom stereocenters. The average molecular weight is 295 g/mol. The van der Waals surface area contributed by atoms with Gasteiger partial charge in [0.2, 0.25) is 0 Å². The molecule has 0 aromatic heterocycles. The molecule has 0 aliphatic rings. The van der Waals surface area contributed by atoms with Gasteiger partial charge in [0.25, 0.3) is 0 Å². The third kappa shape index (κ3) is 3.10. The molecule has 0 fully saturated rings. The fourth-order valence-electron chi connectivity index (χ4n) is 2.62. The first kappa shape index (κ1) is 14.5. The Morgan fingerprint density at radius 1 is 0.909 bits per heavy atom. The Kier molecular flexibility index (Phi) is 4.35. The summed E-state index contributed by atoms with van der Waals surface area (Å²) in [4.78, 5) is 0. The van der Waals surface area contributed by atoms with Gasteiger partial charge in [0.05, 0.1) is 7.11 Å². The Balaban J connectivity index is 1.79. The van der Waals surface area contributed by atoms with Crippen molar-refractivity contribution in [3.8, 4) is 5.75 Å². The normalized spacial score (nSPS) is 10.8. The van der Waals surface area contributed by atoms with Crippen LogP contribution in [0.15, 0.2) is 60.7 Å². The number of methoxy groups -OCH3 is 1. The van der Waals surface area contributed by atoms with Crippen LogP contribution in [0.5, 0.6) is 5.75 Å². The van der Waals surface area contributed by atoms with Gasteiger partial charge in [0, 0.05) is 18.7 Å². The summed E-state index contributed by atoms with van der Waals surface area (Å²) in [6.07, 6.45) is 0. The van der Waals surface area contributed by atoms with Crippen molar-refractivity contribution in [2.24, 2.45) is 0 Å². The highest BCUT2D eigenvalue weighted by Crippen LogP contribution is 2.27. The summed E-state index contributed by atoms with van der Waals surface area (Å²) in [5, 5.41) is 5.79. The zero-order valence-corrected chi connectivity index (χ0v) is 12.5. The largest absolute Gasteiger partial charge is 0.496 e. The summed E-state index contributed by atoms with van der Waals surface area (Å²) in [5.74, 6) is 0.671. The molecule has 1 N–H and O–H groups in total. The highest BCUT2D eigenvalue weighted by molar-refractivity contribution is 5.87. The first-order valence-electron chi connectivity index (χ1n) is 7.27. The van der Waals surface area contributed by atoms with Crippen LogP contribution in [0.3, 0.4) is 0 Å². The summed E-state index contributed by atoms with van der Waals surface area (Å²) in [6.45, 7) is 1.38. The molecule has 0 unspecified atom stereocenters. The molecule has 0 bridgehead atoms. The quantitative estimate of drug-likeness (QED) is 0.758. The third-order valence-corrected chi connectivity index (χ3v) is 3.76. The Bertz CT molecular complexity index is 768. The van der Waals surface area contributed by atoms with Crippen molar-refractivity contribution in [3.05, 3.63) is 77.6 Å². The molecule has 0 saturated heterocycles. The minimum absolute atomic E-state index is 0.209. The van der Waals surface area contributed by atoms with E-state index in [-0.39, 0.29) is 5.82 Å². The molecule has 3 aromatic carbocycles. The van der Waals surface area contributed by atoms with Crippen LogP contribution in [0, 0.1) is 5.82 Å². The summed E-state index contributed by atoms with van der Waals surface area (Å²) in [7, 11) is 1.69. The number of ether oxygens (including phenoxy) is 1. The molecule has 0 aliphatic carbocycles. The Hall–Kier alpha value is -2.39. The molecule has 0 saturated carbocycles. The van der Waals surface area contributed by atoms with Crippen molar-refractivity contribution in [3.63, 3.8) is 0 Å². The second-order valence-corrected chi connectivity index (χ2v) is 5.20. The maximum atomic E-state index is 12.9. The van der Waals surface area contributed by atoms with E-state index in [1.54, 1.807) is 19.2 Å². The number of halogens is 1. The predicted molar refractivity (Wildman–Crippen MR) is 87.4 cm³/mol. The smallest absolute Gasteiger partial charge is 0.123 e. The first-order valence-corrected chi connectivity index (χ1v) is 7.27. The van der Waals surface area contributed by atoms with Crippen LogP contribution < -0.4 is 10.1 Å². The highest BCUT2D eigenvalue weighted by atomic mass is 19.1. The number of rotatable bonds is 5. The van der Waals surface area contributed by atoms with Crippen molar-refractivity contribution in [1.29, 1.82) is 0 Å². The van der Waals surface area contributed by atoms with E-state index in [9.17, 15) is 4.39 Å². The second kappa shape index (κ2) is 6.58. The van der Waals surface area contributed by atoms with Gasteiger partial charge in [-0.05, 0) is 34.5 Å². The van der Waals surface area contributed by atoms with E-state index in [2.05, 4.69) is 23.5 Å². The van der Waals surface area contributed by atoms with Gasteiger partial charge in [-0.25, -0.2) is 4.39 Å². The Morgan fingerprint density at radius 2 is 1.68 bits per heavy atom. The molecule has 0 heterocycles. The van der Waals surface area contributed by atoms with Crippen molar-refractivity contribution >= 4 is 10.8 Å². The lowest BCUT2D eigenvalue weighted by molar-refractivity contribution is 0.408. The maximum Gasteiger partial charge on any atom is 0.123 e. The van der Waals surface area contributed by atoms with E-state index in [0.29, 0.717) is 13.1 Å². The third-order valence-electron chi connectivity index (χ3n) is 3.76. The molecule has 3 heteroatoms. The van der Waals surface area contributed by atoms with Gasteiger partial charge in [-0.2, -0.15) is 0 Å². The molecule has 3 rings (SSSR count). The monoisotopic (exact) mass is 295 g/mol. The van der Waals surface area contributed by atoms with Gasteiger partial charge in [0.15, 0.2) is 0 Å². The Morgan fingerprint density at radius 3 is 2.45 bits per heavy atom. The molecule has 2 nitrogen and oxygen atoms in total.